The van der Waals surface area contributed by atoms with Crippen LogP contribution in [-0.4, -0.2) is 275 Å². The first kappa shape index (κ1) is 91.8. The van der Waals surface area contributed by atoms with Crippen LogP contribution in [0, 0.1) is 0 Å². The van der Waals surface area contributed by atoms with Crippen LogP contribution in [0.25, 0.3) is 34.6 Å². The quantitative estimate of drug-likeness (QED) is 0.0215. The molecule has 13 heterocycles. The Morgan fingerprint density at radius 2 is 0.942 bits per heavy atom. The summed E-state index contributed by atoms with van der Waals surface area (Å²) in [4.78, 5) is 104. The maximum Gasteiger partial charge on any atom is 0.410 e. The molecule has 0 spiro atoms. The number of nitrogen functional groups attached to an aromatic ring is 1. The lowest BCUT2D eigenvalue weighted by atomic mass is 10.1. The first-order chi connectivity index (χ1) is 57.5. The number of aromatic nitrogens is 17. The number of piperidine rings is 4. The van der Waals surface area contributed by atoms with E-state index in [9.17, 15) is 28.8 Å². The highest BCUT2D eigenvalue weighted by Gasteiger charge is 2.34. The third kappa shape index (κ3) is 28.0. The summed E-state index contributed by atoms with van der Waals surface area (Å²) in [6.07, 6.45) is 18.2. The van der Waals surface area contributed by atoms with Gasteiger partial charge in [-0.1, -0.05) is 24.3 Å². The molecular formula is C80H114N30O11. The van der Waals surface area contributed by atoms with Gasteiger partial charge in [0, 0.05) is 113 Å². The number of nitrogens with two attached hydrogens (primary N) is 2. The van der Waals surface area contributed by atoms with Crippen molar-refractivity contribution in [1.29, 1.82) is 0 Å². The highest BCUT2D eigenvalue weighted by atomic mass is 16.6. The normalized spacial score (nSPS) is 16.7. The van der Waals surface area contributed by atoms with Crippen LogP contribution in [0.5, 0.6) is 11.8 Å². The minimum Gasteiger partial charge on any atom is -0.479 e. The predicted molar refractivity (Wildman–Crippen MR) is 454 cm³/mol. The molecule has 4 atom stereocenters. The molecule has 121 heavy (non-hydrogen) atoms. The zero-order valence-electron chi connectivity index (χ0n) is 72.0. The first-order valence-corrected chi connectivity index (χ1v) is 39.7. The van der Waals surface area contributed by atoms with Crippen LogP contribution in [0.15, 0.2) is 114 Å². The second-order valence-corrected chi connectivity index (χ2v) is 32.3. The second kappa shape index (κ2) is 42.5. The van der Waals surface area contributed by atoms with E-state index < -0.39 is 16.8 Å². The van der Waals surface area contributed by atoms with E-state index in [0.717, 1.165) is 71.0 Å². The summed E-state index contributed by atoms with van der Waals surface area (Å²) in [6.45, 7) is 22.5. The van der Waals surface area contributed by atoms with E-state index in [4.69, 9.17) is 35.2 Å². The van der Waals surface area contributed by atoms with E-state index in [1.807, 2.05) is 128 Å². The number of likely N-dealkylation sites (tertiary alicyclic amines) is 3. The van der Waals surface area contributed by atoms with E-state index >= 15 is 0 Å². The number of rotatable bonds is 17. The molecule has 41 nitrogen and oxygen atoms in total. The number of ether oxygens (including phenoxy) is 5. The van der Waals surface area contributed by atoms with Crippen LogP contribution in [0.4, 0.5) is 37.7 Å². The Bertz CT molecular complexity index is 4960. The number of amides is 6. The maximum absolute atomic E-state index is 12.8. The van der Waals surface area contributed by atoms with Gasteiger partial charge in [0.15, 0.2) is 23.3 Å². The van der Waals surface area contributed by atoms with Crippen LogP contribution in [0.3, 0.4) is 0 Å². The SMILES string of the molecule is CC(C)(C)OC(=O)N1CCC[C@@H](N)C1.CC(C)(C)OC(=O)N1CCC[C@@H](n2cnnc2-c2cccc(N)n2)C1.CN(C)C=Nc1cccc(C(=O)N/N=C/N(C)C)n1.COc1nn(C)cc1C(=O)Nc1cccc(-c2nncn2[C@@H]2CCCN(C(=O)OC(C)(C)C)C2)n1.COc1nn(C)cc1C(=O)Nc1cccc(-c2nncn2[C@@H]2CCCNC2)n1. The summed E-state index contributed by atoms with van der Waals surface area (Å²) < 4.78 is 35.6. The van der Waals surface area contributed by atoms with Gasteiger partial charge in [-0.2, -0.15) is 5.10 Å². The number of carbonyl (C=O) groups is 6. The van der Waals surface area contributed by atoms with Gasteiger partial charge in [-0.15, -0.1) is 40.8 Å². The Kier molecular flexibility index (Phi) is 32.3. The Morgan fingerprint density at radius 1 is 0.521 bits per heavy atom. The maximum atomic E-state index is 12.8. The van der Waals surface area contributed by atoms with Gasteiger partial charge in [0.2, 0.25) is 11.8 Å². The molecule has 8 N–H and O–H groups in total. The van der Waals surface area contributed by atoms with Crippen LogP contribution in [0.2, 0.25) is 0 Å². The van der Waals surface area contributed by atoms with Gasteiger partial charge in [-0.05, 0) is 169 Å². The molecule has 41 heteroatoms. The number of hydrazone groups is 1. The van der Waals surface area contributed by atoms with Gasteiger partial charge in [0.05, 0.1) is 32.6 Å². The molecule has 4 aliphatic rings. The minimum absolute atomic E-state index is 0.0269. The average Bonchev–Trinajstić information content (AvgIpc) is 1.73. The Balaban J connectivity index is 0.000000177. The van der Waals surface area contributed by atoms with Gasteiger partial charge in [0.25, 0.3) is 17.7 Å². The molecule has 4 saturated heterocycles. The minimum atomic E-state index is -0.555. The summed E-state index contributed by atoms with van der Waals surface area (Å²) >= 11 is 0. The van der Waals surface area contributed by atoms with Crippen molar-refractivity contribution in [2.45, 2.75) is 155 Å². The smallest absolute Gasteiger partial charge is 0.410 e. The lowest BCUT2D eigenvalue weighted by Gasteiger charge is -2.34. The molecule has 0 saturated carbocycles. The lowest BCUT2D eigenvalue weighted by Crippen LogP contribution is -2.47. The summed E-state index contributed by atoms with van der Waals surface area (Å²) in [6, 6.07) is 21.6. The summed E-state index contributed by atoms with van der Waals surface area (Å²) in [5.41, 5.74) is 15.2. The van der Waals surface area contributed by atoms with Crippen molar-refractivity contribution >= 4 is 71.9 Å². The first-order valence-electron chi connectivity index (χ1n) is 39.7. The van der Waals surface area contributed by atoms with E-state index in [1.165, 1.54) is 29.9 Å². The fraction of sp³-hybridized carbons (Fsp3) is 0.500. The van der Waals surface area contributed by atoms with E-state index in [0.29, 0.717) is 108 Å². The number of methoxy groups -OCH3 is 2. The average molecular weight is 1670 g/mol. The number of pyridine rings is 4. The number of aliphatic imine (C=N–C) groups is 1. The number of nitrogens with zero attached hydrogens (tertiary/aromatic N) is 24. The Morgan fingerprint density at radius 3 is 1.36 bits per heavy atom. The lowest BCUT2D eigenvalue weighted by molar-refractivity contribution is 0.0164. The molecule has 9 aromatic heterocycles. The summed E-state index contributed by atoms with van der Waals surface area (Å²) in [7, 11) is 13.7. The zero-order valence-corrected chi connectivity index (χ0v) is 72.0. The van der Waals surface area contributed by atoms with E-state index in [1.54, 1.807) is 125 Å². The van der Waals surface area contributed by atoms with Crippen molar-refractivity contribution < 1.29 is 52.5 Å². The largest absolute Gasteiger partial charge is 0.479 e. The van der Waals surface area contributed by atoms with Gasteiger partial charge in [0.1, 0.15) is 93.5 Å². The van der Waals surface area contributed by atoms with Crippen molar-refractivity contribution in [2.75, 3.05) is 111 Å². The van der Waals surface area contributed by atoms with Crippen molar-refractivity contribution in [1.82, 2.24) is 119 Å². The molecule has 0 unspecified atom stereocenters. The third-order valence-corrected chi connectivity index (χ3v) is 18.1. The molecule has 9 aromatic rings. The molecule has 6 amide bonds. The number of hydrogen-bond acceptors (Lipinski definition) is 28. The zero-order chi connectivity index (χ0) is 87.7. The molecular weight excluding hydrogens is 1560 g/mol. The fourth-order valence-corrected chi connectivity index (χ4v) is 12.8. The molecule has 0 bridgehead atoms. The number of anilines is 3. The molecule has 4 aliphatic heterocycles. The second-order valence-electron chi connectivity index (χ2n) is 32.3. The number of aryl methyl sites for hydroxylation is 2. The summed E-state index contributed by atoms with van der Waals surface area (Å²) in [5, 5.41) is 45.8. The highest BCUT2D eigenvalue weighted by molar-refractivity contribution is 6.06. The van der Waals surface area contributed by atoms with Gasteiger partial charge in [-0.3, -0.25) is 23.7 Å². The Hall–Kier alpha value is -13.1. The molecule has 0 aliphatic carbocycles. The monoisotopic (exact) mass is 1670 g/mol. The fourth-order valence-electron chi connectivity index (χ4n) is 12.8. The van der Waals surface area contributed by atoms with Crippen LogP contribution in [-0.2, 0) is 28.3 Å². The molecule has 13 rings (SSSR count). The van der Waals surface area contributed by atoms with Gasteiger partial charge in [-0.25, -0.2) is 44.7 Å². The van der Waals surface area contributed by atoms with Crippen molar-refractivity contribution in [3.05, 3.63) is 121 Å². The predicted octanol–water partition coefficient (Wildman–Crippen LogP) is 8.54. The standard InChI is InChI=1S/C23H30N8O4.C18H22N8O2.C17H24N6O2.C12H18N6O.C10H20N2O2/c1-23(2,3)35-22(33)30-11-7-8-15(12-30)31-14-24-27-19(31)17-9-6-10-18(25-17)26-20(32)16-13-29(4)28-21(16)34-5;1-25-10-13(18(24-25)28-2)17(27)22-15-7-3-6-14(21-15)16-23-20-11-26(16)12-5-4-8-19-9-12;1-17(2,3)25-16(24)22-9-5-6-12(10-22)23-11-19-21-15(23)13-7-4-8-14(18)20-13;1-17(2)8-13-11-7-5-6-10(15-11)12(19)16-14-9-18(3)4;1-10(2,3)14-9(13)12-6-4-5-8(11)7-12/h6,9-10,13-15H,7-8,11-12H2,1-5H3,(H,25,26,32);3,6-7,10-12,19H,4-5,8-9H2,1-2H3,(H,21,22,27);4,7-8,11-12H,5-6,9-10H2,1-3H3,(H2,18,20);5-9H,1-4H3,(H,16,19);8H,4-7,11H2,1-3H3/b;;;13-8?,14-9+;/t15-;2*12-;;8-/m111.1/s1. The number of carbonyl (C=O) groups excluding carboxylic acids is 6. The molecule has 650 valence electrons. The molecule has 0 radical (unpaired) electrons. The third-order valence-electron chi connectivity index (χ3n) is 18.1. The van der Waals surface area contributed by atoms with Crippen LogP contribution < -0.4 is 42.3 Å². The van der Waals surface area contributed by atoms with E-state index in [-0.39, 0.29) is 71.6 Å². The Labute approximate surface area is 703 Å². The molecule has 4 fully saturated rings. The van der Waals surface area contributed by atoms with Gasteiger partial charge >= 0.3 is 18.3 Å². The van der Waals surface area contributed by atoms with Crippen molar-refractivity contribution in [3.8, 4) is 46.3 Å². The van der Waals surface area contributed by atoms with Crippen LogP contribution >= 0.6 is 0 Å². The highest BCUT2D eigenvalue weighted by Crippen LogP contribution is 2.32. The van der Waals surface area contributed by atoms with Crippen molar-refractivity contribution in [3.63, 3.8) is 0 Å². The van der Waals surface area contributed by atoms with Gasteiger partial charge < -0.3 is 89.3 Å². The topological polar surface area (TPSA) is 469 Å². The number of nitrogens with one attached hydrogen (secondary N) is 4. The number of hydrogen-bond donors (Lipinski definition) is 6. The van der Waals surface area contributed by atoms with E-state index in [2.05, 4.69) is 92.2 Å². The summed E-state index contributed by atoms with van der Waals surface area (Å²) in [5.74, 6) is 2.96. The van der Waals surface area contributed by atoms with Crippen molar-refractivity contribution in [2.24, 2.45) is 29.9 Å². The van der Waals surface area contributed by atoms with Crippen LogP contribution in [0.1, 0.15) is 163 Å². The molecule has 0 aromatic carbocycles.